The summed E-state index contributed by atoms with van der Waals surface area (Å²) in [5.74, 6) is -2.54. The molecular weight excluding hydrogens is 358 g/mol. The van der Waals surface area contributed by atoms with Gasteiger partial charge in [0.1, 0.15) is 6.04 Å². The van der Waals surface area contributed by atoms with E-state index in [-0.39, 0.29) is 12.1 Å². The number of carbonyl (C=O) groups is 3. The molecule has 0 aliphatic carbocycles. The highest BCUT2D eigenvalue weighted by molar-refractivity contribution is 6.38. The van der Waals surface area contributed by atoms with E-state index in [1.165, 1.54) is 4.68 Å². The Bertz CT molecular complexity index is 999. The second-order valence-electron chi connectivity index (χ2n) is 6.22. The fraction of sp³-hybridized carbons (Fsp3) is 0.150. The molecule has 0 saturated heterocycles. The molecule has 3 N–H and O–H groups in total. The SMILES string of the molecule is Cc1nnn(-c2ccccc2)c1C(=O)NC(Cc1ccccc1)C(=O)C(N)=O. The van der Waals surface area contributed by atoms with Crippen molar-refractivity contribution in [3.8, 4) is 5.69 Å². The minimum Gasteiger partial charge on any atom is -0.363 e. The van der Waals surface area contributed by atoms with Crippen LogP contribution in [-0.4, -0.2) is 38.6 Å². The molecule has 2 amide bonds. The maximum atomic E-state index is 12.9. The maximum Gasteiger partial charge on any atom is 0.287 e. The molecule has 0 saturated carbocycles. The van der Waals surface area contributed by atoms with E-state index in [4.69, 9.17) is 5.73 Å². The third-order valence-electron chi connectivity index (χ3n) is 4.20. The molecule has 0 bridgehead atoms. The van der Waals surface area contributed by atoms with Gasteiger partial charge < -0.3 is 11.1 Å². The zero-order chi connectivity index (χ0) is 20.1. The molecule has 142 valence electrons. The summed E-state index contributed by atoms with van der Waals surface area (Å²) < 4.78 is 1.39. The predicted molar refractivity (Wildman–Crippen MR) is 102 cm³/mol. The number of hydrogen-bond donors (Lipinski definition) is 2. The highest BCUT2D eigenvalue weighted by atomic mass is 16.2. The molecule has 3 rings (SSSR count). The highest BCUT2D eigenvalue weighted by Gasteiger charge is 2.28. The van der Waals surface area contributed by atoms with Crippen LogP contribution in [0.2, 0.25) is 0 Å². The molecular formula is C20H19N5O3. The minimum atomic E-state index is -1.10. The summed E-state index contributed by atoms with van der Waals surface area (Å²) in [6, 6.07) is 17.0. The predicted octanol–water partition coefficient (Wildman–Crippen LogP) is 0.971. The standard InChI is InChI=1S/C20H19N5O3/c1-13-17(25(24-23-13)15-10-6-3-7-11-15)20(28)22-16(18(26)19(21)27)12-14-8-4-2-5-9-14/h2-11,16H,12H2,1H3,(H2,21,27)(H,22,28). The first-order valence-corrected chi connectivity index (χ1v) is 8.63. The van der Waals surface area contributed by atoms with Crippen LogP contribution in [0.3, 0.4) is 0 Å². The number of amides is 2. The van der Waals surface area contributed by atoms with Crippen molar-refractivity contribution in [1.29, 1.82) is 0 Å². The first-order chi connectivity index (χ1) is 13.5. The molecule has 0 spiro atoms. The summed E-state index contributed by atoms with van der Waals surface area (Å²) in [4.78, 5) is 36.6. The third kappa shape index (κ3) is 4.12. The van der Waals surface area contributed by atoms with Crippen molar-refractivity contribution >= 4 is 17.6 Å². The quantitative estimate of drug-likeness (QED) is 0.595. The summed E-state index contributed by atoms with van der Waals surface area (Å²) >= 11 is 0. The van der Waals surface area contributed by atoms with Crippen LogP contribution >= 0.6 is 0 Å². The van der Waals surface area contributed by atoms with Gasteiger partial charge in [-0.25, -0.2) is 4.68 Å². The van der Waals surface area contributed by atoms with Crippen LogP contribution in [-0.2, 0) is 16.0 Å². The van der Waals surface area contributed by atoms with E-state index < -0.39 is 23.6 Å². The van der Waals surface area contributed by atoms with Gasteiger partial charge in [0.15, 0.2) is 5.69 Å². The van der Waals surface area contributed by atoms with Crippen LogP contribution in [0, 0.1) is 6.92 Å². The molecule has 8 nitrogen and oxygen atoms in total. The molecule has 3 aromatic rings. The van der Waals surface area contributed by atoms with Crippen molar-refractivity contribution in [1.82, 2.24) is 20.3 Å². The fourth-order valence-corrected chi connectivity index (χ4v) is 2.82. The number of Topliss-reactive ketones (excluding diaryl/α,β-unsaturated/α-hetero) is 1. The zero-order valence-electron chi connectivity index (χ0n) is 15.2. The summed E-state index contributed by atoms with van der Waals surface area (Å²) in [5, 5.41) is 10.6. The van der Waals surface area contributed by atoms with Gasteiger partial charge in [0.2, 0.25) is 5.78 Å². The van der Waals surface area contributed by atoms with Gasteiger partial charge in [-0.15, -0.1) is 5.10 Å². The molecule has 0 aliphatic rings. The van der Waals surface area contributed by atoms with Crippen molar-refractivity contribution in [2.45, 2.75) is 19.4 Å². The van der Waals surface area contributed by atoms with E-state index in [9.17, 15) is 14.4 Å². The minimum absolute atomic E-state index is 0.139. The van der Waals surface area contributed by atoms with Gasteiger partial charge in [0.05, 0.1) is 11.4 Å². The lowest BCUT2D eigenvalue weighted by Crippen LogP contribution is -2.47. The van der Waals surface area contributed by atoms with Crippen LogP contribution in [0.4, 0.5) is 0 Å². The Balaban J connectivity index is 1.89. The van der Waals surface area contributed by atoms with Gasteiger partial charge in [-0.05, 0) is 24.6 Å². The van der Waals surface area contributed by atoms with Gasteiger partial charge in [0.25, 0.3) is 11.8 Å². The molecule has 0 radical (unpaired) electrons. The summed E-state index contributed by atoms with van der Waals surface area (Å²) in [6.45, 7) is 1.64. The fourth-order valence-electron chi connectivity index (χ4n) is 2.82. The molecule has 8 heteroatoms. The molecule has 1 atom stereocenters. The lowest BCUT2D eigenvalue weighted by molar-refractivity contribution is -0.137. The molecule has 1 heterocycles. The molecule has 1 aromatic heterocycles. The van der Waals surface area contributed by atoms with Crippen molar-refractivity contribution in [2.24, 2.45) is 5.73 Å². The van der Waals surface area contributed by atoms with Gasteiger partial charge in [-0.2, -0.15) is 0 Å². The smallest absolute Gasteiger partial charge is 0.287 e. The molecule has 0 aliphatic heterocycles. The number of nitrogens with two attached hydrogens (primary N) is 1. The number of nitrogens with zero attached hydrogens (tertiary/aromatic N) is 3. The Morgan fingerprint density at radius 1 is 1.04 bits per heavy atom. The Labute approximate surface area is 161 Å². The zero-order valence-corrected chi connectivity index (χ0v) is 15.2. The van der Waals surface area contributed by atoms with Gasteiger partial charge in [-0.1, -0.05) is 53.7 Å². The average molecular weight is 377 g/mol. The molecule has 1 unspecified atom stereocenters. The van der Waals surface area contributed by atoms with Gasteiger partial charge in [0, 0.05) is 6.42 Å². The molecule has 28 heavy (non-hydrogen) atoms. The number of carbonyl (C=O) groups excluding carboxylic acids is 3. The maximum absolute atomic E-state index is 12.9. The highest BCUT2D eigenvalue weighted by Crippen LogP contribution is 2.13. The summed E-state index contributed by atoms with van der Waals surface area (Å²) in [7, 11) is 0. The second kappa shape index (κ2) is 8.26. The van der Waals surface area contributed by atoms with Crippen molar-refractivity contribution in [3.63, 3.8) is 0 Å². The second-order valence-corrected chi connectivity index (χ2v) is 6.22. The number of rotatable bonds is 7. The number of para-hydroxylation sites is 1. The Morgan fingerprint density at radius 3 is 2.25 bits per heavy atom. The first kappa shape index (κ1) is 19.0. The van der Waals surface area contributed by atoms with E-state index in [1.807, 2.05) is 36.4 Å². The monoisotopic (exact) mass is 377 g/mol. The van der Waals surface area contributed by atoms with Crippen LogP contribution in [0.15, 0.2) is 60.7 Å². The topological polar surface area (TPSA) is 120 Å². The van der Waals surface area contributed by atoms with E-state index in [0.717, 1.165) is 5.56 Å². The number of hydrogen-bond acceptors (Lipinski definition) is 5. The number of aromatic nitrogens is 3. The van der Waals surface area contributed by atoms with Crippen LogP contribution < -0.4 is 11.1 Å². The third-order valence-corrected chi connectivity index (χ3v) is 4.20. The van der Waals surface area contributed by atoms with Gasteiger partial charge >= 0.3 is 0 Å². The number of aryl methyl sites for hydroxylation is 1. The van der Waals surface area contributed by atoms with E-state index in [2.05, 4.69) is 15.6 Å². The van der Waals surface area contributed by atoms with E-state index in [0.29, 0.717) is 11.4 Å². The van der Waals surface area contributed by atoms with Gasteiger partial charge in [-0.3, -0.25) is 14.4 Å². The normalized spacial score (nSPS) is 11.6. The lowest BCUT2D eigenvalue weighted by Gasteiger charge is -2.17. The van der Waals surface area contributed by atoms with E-state index in [1.54, 1.807) is 31.2 Å². The van der Waals surface area contributed by atoms with Crippen LogP contribution in [0.5, 0.6) is 0 Å². The van der Waals surface area contributed by atoms with Crippen LogP contribution in [0.25, 0.3) is 5.69 Å². The largest absolute Gasteiger partial charge is 0.363 e. The first-order valence-electron chi connectivity index (χ1n) is 8.63. The summed E-state index contributed by atoms with van der Waals surface area (Å²) in [5.41, 5.74) is 7.18. The molecule has 2 aromatic carbocycles. The van der Waals surface area contributed by atoms with Crippen molar-refractivity contribution < 1.29 is 14.4 Å². The van der Waals surface area contributed by atoms with Crippen molar-refractivity contribution in [3.05, 3.63) is 77.6 Å². The number of ketones is 1. The Morgan fingerprint density at radius 2 is 1.64 bits per heavy atom. The Hall–Kier alpha value is -3.81. The molecule has 0 fully saturated rings. The lowest BCUT2D eigenvalue weighted by atomic mass is 10.0. The number of nitrogens with one attached hydrogen (secondary N) is 1. The van der Waals surface area contributed by atoms with Crippen molar-refractivity contribution in [2.75, 3.05) is 0 Å². The van der Waals surface area contributed by atoms with Crippen LogP contribution in [0.1, 0.15) is 21.7 Å². The number of benzene rings is 2. The summed E-state index contributed by atoms with van der Waals surface area (Å²) in [6.07, 6.45) is 0.139. The Kier molecular flexibility index (Phi) is 5.59. The number of primary amides is 1. The average Bonchev–Trinajstić information content (AvgIpc) is 3.10. The van der Waals surface area contributed by atoms with E-state index >= 15 is 0 Å².